The summed E-state index contributed by atoms with van der Waals surface area (Å²) in [5.41, 5.74) is 1.17. The average molecular weight is 286 g/mol. The summed E-state index contributed by atoms with van der Waals surface area (Å²) in [6.45, 7) is 1.06. The SMILES string of the molecule is COc1cc(C2CCCCN2)cc(Br)c1O. The molecule has 0 aliphatic carbocycles. The van der Waals surface area contributed by atoms with Gasteiger partial charge in [0, 0.05) is 6.04 Å². The smallest absolute Gasteiger partial charge is 0.172 e. The largest absolute Gasteiger partial charge is 0.503 e. The standard InChI is InChI=1S/C12H16BrNO2/c1-16-11-7-8(6-9(13)12(11)15)10-4-2-3-5-14-10/h6-7,10,14-15H,2-5H2,1H3. The predicted octanol–water partition coefficient (Wildman–Crippen LogP) is 2.98. The van der Waals surface area contributed by atoms with Crippen molar-refractivity contribution < 1.29 is 9.84 Å². The number of phenols is 1. The van der Waals surface area contributed by atoms with E-state index < -0.39 is 0 Å². The third-order valence-corrected chi connectivity index (χ3v) is 3.59. The molecule has 1 atom stereocenters. The number of phenolic OH excluding ortho intramolecular Hbond substituents is 1. The van der Waals surface area contributed by atoms with Crippen LogP contribution in [-0.2, 0) is 0 Å². The van der Waals surface area contributed by atoms with Gasteiger partial charge in [-0.2, -0.15) is 0 Å². The summed E-state index contributed by atoms with van der Waals surface area (Å²) in [6, 6.07) is 4.24. The number of piperidine rings is 1. The number of halogens is 1. The zero-order valence-electron chi connectivity index (χ0n) is 9.29. The number of benzene rings is 1. The summed E-state index contributed by atoms with van der Waals surface area (Å²) >= 11 is 3.35. The summed E-state index contributed by atoms with van der Waals surface area (Å²) in [6.07, 6.45) is 3.63. The summed E-state index contributed by atoms with van der Waals surface area (Å²) in [5, 5.41) is 13.2. The number of ether oxygens (including phenoxy) is 1. The van der Waals surface area contributed by atoms with E-state index >= 15 is 0 Å². The van der Waals surface area contributed by atoms with Crippen LogP contribution in [0.1, 0.15) is 30.9 Å². The van der Waals surface area contributed by atoms with E-state index in [4.69, 9.17) is 4.74 Å². The van der Waals surface area contributed by atoms with E-state index in [1.807, 2.05) is 12.1 Å². The van der Waals surface area contributed by atoms with Gasteiger partial charge in [-0.3, -0.25) is 0 Å². The first-order valence-electron chi connectivity index (χ1n) is 5.52. The summed E-state index contributed by atoms with van der Waals surface area (Å²) in [5.74, 6) is 0.693. The van der Waals surface area contributed by atoms with E-state index in [9.17, 15) is 5.11 Å². The molecular weight excluding hydrogens is 270 g/mol. The highest BCUT2D eigenvalue weighted by Crippen LogP contribution is 2.38. The first-order chi connectivity index (χ1) is 7.72. The van der Waals surface area contributed by atoms with Gasteiger partial charge in [0.05, 0.1) is 11.6 Å². The zero-order chi connectivity index (χ0) is 11.5. The van der Waals surface area contributed by atoms with Gasteiger partial charge in [-0.15, -0.1) is 0 Å². The predicted molar refractivity (Wildman–Crippen MR) is 67.0 cm³/mol. The van der Waals surface area contributed by atoms with Crippen molar-refractivity contribution in [2.45, 2.75) is 25.3 Å². The number of aromatic hydroxyl groups is 1. The molecule has 4 heteroatoms. The van der Waals surface area contributed by atoms with Crippen LogP contribution in [0.2, 0.25) is 0 Å². The highest BCUT2D eigenvalue weighted by molar-refractivity contribution is 9.10. The Morgan fingerprint density at radius 2 is 2.25 bits per heavy atom. The Balaban J connectivity index is 2.29. The van der Waals surface area contributed by atoms with Crippen molar-refractivity contribution in [1.82, 2.24) is 5.32 Å². The first-order valence-corrected chi connectivity index (χ1v) is 6.31. The monoisotopic (exact) mass is 285 g/mol. The second kappa shape index (κ2) is 5.06. The number of nitrogens with one attached hydrogen (secondary N) is 1. The van der Waals surface area contributed by atoms with Crippen molar-refractivity contribution in [3.8, 4) is 11.5 Å². The lowest BCUT2D eigenvalue weighted by molar-refractivity contribution is 0.367. The Kier molecular flexibility index (Phi) is 3.71. The van der Waals surface area contributed by atoms with Crippen LogP contribution in [0.15, 0.2) is 16.6 Å². The highest BCUT2D eigenvalue weighted by atomic mass is 79.9. The maximum atomic E-state index is 9.73. The molecule has 1 saturated heterocycles. The van der Waals surface area contributed by atoms with Gasteiger partial charge >= 0.3 is 0 Å². The molecule has 2 N–H and O–H groups in total. The van der Waals surface area contributed by atoms with Crippen LogP contribution < -0.4 is 10.1 Å². The van der Waals surface area contributed by atoms with Crippen molar-refractivity contribution in [2.24, 2.45) is 0 Å². The molecule has 1 aliphatic heterocycles. The van der Waals surface area contributed by atoms with Crippen molar-refractivity contribution in [3.05, 3.63) is 22.2 Å². The second-order valence-electron chi connectivity index (χ2n) is 4.06. The van der Waals surface area contributed by atoms with Crippen LogP contribution >= 0.6 is 15.9 Å². The number of methoxy groups -OCH3 is 1. The van der Waals surface area contributed by atoms with Gasteiger partial charge in [-0.25, -0.2) is 0 Å². The molecule has 16 heavy (non-hydrogen) atoms. The molecule has 1 heterocycles. The molecule has 0 saturated carbocycles. The third kappa shape index (κ3) is 2.33. The van der Waals surface area contributed by atoms with Gasteiger partial charge < -0.3 is 15.2 Å². The minimum Gasteiger partial charge on any atom is -0.503 e. The van der Waals surface area contributed by atoms with Crippen molar-refractivity contribution in [1.29, 1.82) is 0 Å². The molecule has 0 aromatic heterocycles. The molecule has 0 spiro atoms. The molecule has 88 valence electrons. The molecule has 0 amide bonds. The Morgan fingerprint density at radius 1 is 1.44 bits per heavy atom. The minimum atomic E-state index is 0.169. The van der Waals surface area contributed by atoms with E-state index in [0.717, 1.165) is 13.0 Å². The minimum absolute atomic E-state index is 0.169. The summed E-state index contributed by atoms with van der Waals surface area (Å²) in [7, 11) is 1.57. The maximum Gasteiger partial charge on any atom is 0.172 e. The van der Waals surface area contributed by atoms with Crippen LogP contribution in [0, 0.1) is 0 Å². The van der Waals surface area contributed by atoms with Gasteiger partial charge in [0.1, 0.15) is 0 Å². The van der Waals surface area contributed by atoms with Crippen LogP contribution in [0.4, 0.5) is 0 Å². The average Bonchev–Trinajstić information content (AvgIpc) is 2.33. The van der Waals surface area contributed by atoms with Gasteiger partial charge in [0.2, 0.25) is 0 Å². The summed E-state index contributed by atoms with van der Waals surface area (Å²) in [4.78, 5) is 0. The quantitative estimate of drug-likeness (QED) is 0.878. The first kappa shape index (κ1) is 11.7. The molecule has 1 aromatic rings. The topological polar surface area (TPSA) is 41.5 Å². The molecular formula is C12H16BrNO2. The van der Waals surface area contributed by atoms with E-state index in [1.54, 1.807) is 7.11 Å². The molecule has 1 unspecified atom stereocenters. The molecule has 1 aromatic carbocycles. The molecule has 1 aliphatic rings. The second-order valence-corrected chi connectivity index (χ2v) is 4.91. The molecule has 1 fully saturated rings. The fraction of sp³-hybridized carbons (Fsp3) is 0.500. The molecule has 0 radical (unpaired) electrons. The van der Waals surface area contributed by atoms with E-state index in [2.05, 4.69) is 21.2 Å². The normalized spacial score (nSPS) is 20.8. The molecule has 3 nitrogen and oxygen atoms in total. The van der Waals surface area contributed by atoms with E-state index in [0.29, 0.717) is 16.3 Å². The molecule has 0 bridgehead atoms. The van der Waals surface area contributed by atoms with Crippen LogP contribution in [-0.4, -0.2) is 18.8 Å². The Bertz CT molecular complexity index is 376. The highest BCUT2D eigenvalue weighted by Gasteiger charge is 2.18. The van der Waals surface area contributed by atoms with Gasteiger partial charge in [-0.05, 0) is 53.0 Å². The van der Waals surface area contributed by atoms with Gasteiger partial charge in [0.15, 0.2) is 11.5 Å². The van der Waals surface area contributed by atoms with Crippen LogP contribution in [0.5, 0.6) is 11.5 Å². The zero-order valence-corrected chi connectivity index (χ0v) is 10.9. The third-order valence-electron chi connectivity index (χ3n) is 2.98. The van der Waals surface area contributed by atoms with Gasteiger partial charge in [-0.1, -0.05) is 6.42 Å². The van der Waals surface area contributed by atoms with Crippen molar-refractivity contribution >= 4 is 15.9 Å². The van der Waals surface area contributed by atoms with Gasteiger partial charge in [0.25, 0.3) is 0 Å². The Morgan fingerprint density at radius 3 is 2.88 bits per heavy atom. The maximum absolute atomic E-state index is 9.73. The number of hydrogen-bond donors (Lipinski definition) is 2. The number of rotatable bonds is 2. The number of hydrogen-bond acceptors (Lipinski definition) is 3. The fourth-order valence-electron chi connectivity index (χ4n) is 2.09. The van der Waals surface area contributed by atoms with Crippen LogP contribution in [0.3, 0.4) is 0 Å². The Hall–Kier alpha value is -0.740. The fourth-order valence-corrected chi connectivity index (χ4v) is 2.55. The molecule has 2 rings (SSSR count). The lowest BCUT2D eigenvalue weighted by Crippen LogP contribution is -2.26. The lowest BCUT2D eigenvalue weighted by Gasteiger charge is -2.24. The summed E-state index contributed by atoms with van der Waals surface area (Å²) < 4.78 is 5.84. The van der Waals surface area contributed by atoms with Crippen molar-refractivity contribution in [3.63, 3.8) is 0 Å². The van der Waals surface area contributed by atoms with E-state index in [-0.39, 0.29) is 5.75 Å². The van der Waals surface area contributed by atoms with Crippen molar-refractivity contribution in [2.75, 3.05) is 13.7 Å². The lowest BCUT2D eigenvalue weighted by atomic mass is 9.97. The van der Waals surface area contributed by atoms with E-state index in [1.165, 1.54) is 18.4 Å². The Labute approximate surface area is 104 Å². The van der Waals surface area contributed by atoms with Crippen LogP contribution in [0.25, 0.3) is 0 Å².